The van der Waals surface area contributed by atoms with Gasteiger partial charge in [0.1, 0.15) is 12.1 Å². The summed E-state index contributed by atoms with van der Waals surface area (Å²) in [5.74, 6) is -2.61. The molecule has 0 saturated carbocycles. The molecule has 0 heterocycles. The van der Waals surface area contributed by atoms with Crippen LogP contribution in [0.5, 0.6) is 0 Å². The highest BCUT2D eigenvalue weighted by atomic mass is 32.1. The van der Waals surface area contributed by atoms with Gasteiger partial charge in [-0.15, -0.1) is 0 Å². The van der Waals surface area contributed by atoms with Gasteiger partial charge in [-0.1, -0.05) is 39.8 Å². The van der Waals surface area contributed by atoms with E-state index >= 15 is 0 Å². The predicted molar refractivity (Wildman–Crippen MR) is 140 cm³/mol. The van der Waals surface area contributed by atoms with Crippen molar-refractivity contribution in [3.05, 3.63) is 12.2 Å². The third-order valence-electron chi connectivity index (χ3n) is 5.05. The number of rotatable bonds is 17. The first kappa shape index (κ1) is 33.2. The number of allylic oxidation sites excluding steroid dienone is 1. The number of aliphatic hydroxyl groups excluding tert-OH is 2. The number of carboxylic acids is 1. The van der Waals surface area contributed by atoms with E-state index in [1.807, 2.05) is 13.8 Å². The Hall–Kier alpha value is -1.76. The van der Waals surface area contributed by atoms with Crippen LogP contribution in [0.2, 0.25) is 0 Å². The van der Waals surface area contributed by atoms with E-state index in [9.17, 15) is 29.4 Å². The van der Waals surface area contributed by atoms with Gasteiger partial charge in [0.25, 0.3) is 0 Å². The van der Waals surface area contributed by atoms with Crippen LogP contribution in [0.4, 0.5) is 0 Å². The molecule has 0 aliphatic rings. The fourth-order valence-corrected chi connectivity index (χ4v) is 3.69. The van der Waals surface area contributed by atoms with Crippen LogP contribution in [-0.4, -0.2) is 80.8 Å². The molecule has 3 amide bonds. The molecule has 0 aliphatic carbocycles. The Bertz CT molecular complexity index is 719. The van der Waals surface area contributed by atoms with Crippen LogP contribution in [0.15, 0.2) is 12.2 Å². The zero-order chi connectivity index (χ0) is 27.1. The molecule has 0 unspecified atom stereocenters. The monoisotopic (exact) mass is 535 g/mol. The molecule has 0 aromatic heterocycles. The van der Waals surface area contributed by atoms with E-state index in [0.717, 1.165) is 0 Å². The quantitative estimate of drug-likeness (QED) is 0.0994. The minimum absolute atomic E-state index is 0.0472. The number of carboxylic acid groups (broad SMARTS) is 1. The van der Waals surface area contributed by atoms with Crippen molar-refractivity contribution in [1.82, 2.24) is 16.0 Å². The average molecular weight is 536 g/mol. The Morgan fingerprint density at radius 3 is 1.97 bits per heavy atom. The van der Waals surface area contributed by atoms with Crippen molar-refractivity contribution in [1.29, 1.82) is 0 Å². The van der Waals surface area contributed by atoms with Crippen molar-refractivity contribution in [2.24, 2.45) is 11.8 Å². The molecule has 0 rings (SSSR count). The lowest BCUT2D eigenvalue weighted by Crippen LogP contribution is -2.58. The highest BCUT2D eigenvalue weighted by Crippen LogP contribution is 2.11. The molecule has 12 heteroatoms. The minimum atomic E-state index is -1.31. The van der Waals surface area contributed by atoms with Crippen molar-refractivity contribution in [3.63, 3.8) is 0 Å². The van der Waals surface area contributed by atoms with E-state index in [4.69, 9.17) is 5.11 Å². The first-order valence-corrected chi connectivity index (χ1v) is 12.9. The van der Waals surface area contributed by atoms with Crippen molar-refractivity contribution in [2.45, 2.75) is 83.7 Å². The minimum Gasteiger partial charge on any atom is -0.481 e. The Balaban J connectivity index is 5.26. The van der Waals surface area contributed by atoms with Crippen LogP contribution in [0.3, 0.4) is 0 Å². The van der Waals surface area contributed by atoms with Crippen LogP contribution >= 0.6 is 25.3 Å². The second kappa shape index (κ2) is 17.6. The lowest BCUT2D eigenvalue weighted by Gasteiger charge is -2.29. The first-order valence-electron chi connectivity index (χ1n) is 11.7. The number of hydrogen-bond donors (Lipinski definition) is 8. The molecule has 0 spiro atoms. The third kappa shape index (κ3) is 14.4. The van der Waals surface area contributed by atoms with E-state index in [2.05, 4.69) is 41.2 Å². The van der Waals surface area contributed by atoms with Gasteiger partial charge in [-0.2, -0.15) is 25.3 Å². The molecule has 0 saturated heterocycles. The summed E-state index contributed by atoms with van der Waals surface area (Å²) in [6.45, 7) is 7.20. The molecule has 0 aromatic rings. The molecular weight excluding hydrogens is 494 g/mol. The molecular formula is C23H41N3O7S2. The van der Waals surface area contributed by atoms with Crippen LogP contribution in [-0.2, 0) is 19.2 Å². The normalized spacial score (nSPS) is 15.9. The number of amides is 3. The van der Waals surface area contributed by atoms with Crippen LogP contribution < -0.4 is 16.0 Å². The van der Waals surface area contributed by atoms with Gasteiger partial charge in [-0.05, 0) is 30.4 Å². The first-order chi connectivity index (χ1) is 16.3. The van der Waals surface area contributed by atoms with Gasteiger partial charge < -0.3 is 31.3 Å². The maximum atomic E-state index is 12.9. The van der Waals surface area contributed by atoms with Gasteiger partial charge >= 0.3 is 5.97 Å². The molecule has 6 N–H and O–H groups in total. The molecule has 0 bridgehead atoms. The van der Waals surface area contributed by atoms with E-state index in [1.165, 1.54) is 6.08 Å². The fraction of sp³-hybridized carbons (Fsp3) is 0.739. The summed E-state index contributed by atoms with van der Waals surface area (Å²) in [6.07, 6.45) is 1.09. The molecule has 5 atom stereocenters. The second-order valence-electron chi connectivity index (χ2n) is 9.15. The smallest absolute Gasteiger partial charge is 0.306 e. The SMILES string of the molecule is CC(C)C[C@@H](NC(=O)C[C@H](O)/C=C/CCS)C(=O)N[C@H](CS)C(=O)N[C@H](C(C)C)[C@@H](O)CC(=O)O. The standard InChI is InChI=1S/C23H41N3O7S2/c1-13(2)9-16(24-19(29)10-15(27)7-5-6-8-34)22(32)25-17(12-35)23(33)26-21(14(3)4)18(28)11-20(30)31/h5,7,13-18,21,27-28,34-35H,6,8-12H2,1-4H3,(H,24,29)(H,25,32)(H,26,33)(H,30,31)/b7-5+/t15-,16-,17-,18+,21-/m1/s1. The van der Waals surface area contributed by atoms with Gasteiger partial charge in [0.2, 0.25) is 17.7 Å². The maximum absolute atomic E-state index is 12.9. The number of aliphatic hydroxyl groups is 2. The molecule has 202 valence electrons. The average Bonchev–Trinajstić information content (AvgIpc) is 2.73. The summed E-state index contributed by atoms with van der Waals surface area (Å²) in [4.78, 5) is 49.0. The zero-order valence-corrected chi connectivity index (χ0v) is 22.6. The fourth-order valence-electron chi connectivity index (χ4n) is 3.29. The zero-order valence-electron chi connectivity index (χ0n) is 20.8. The van der Waals surface area contributed by atoms with Crippen molar-refractivity contribution in [3.8, 4) is 0 Å². The van der Waals surface area contributed by atoms with E-state index in [-0.39, 0.29) is 24.0 Å². The number of carbonyl (C=O) groups excluding carboxylic acids is 3. The number of aliphatic carboxylic acids is 1. The number of nitrogens with one attached hydrogen (secondary N) is 3. The molecule has 0 radical (unpaired) electrons. The van der Waals surface area contributed by atoms with Crippen LogP contribution in [0.1, 0.15) is 53.4 Å². The van der Waals surface area contributed by atoms with Gasteiger partial charge in [-0.25, -0.2) is 0 Å². The number of thiol groups is 2. The van der Waals surface area contributed by atoms with E-state index in [1.54, 1.807) is 19.9 Å². The number of hydrogen-bond acceptors (Lipinski definition) is 8. The van der Waals surface area contributed by atoms with Gasteiger partial charge in [0.15, 0.2) is 0 Å². The molecule has 10 nitrogen and oxygen atoms in total. The summed E-state index contributed by atoms with van der Waals surface area (Å²) in [6, 6.07) is -2.86. The Morgan fingerprint density at radius 1 is 0.886 bits per heavy atom. The second-order valence-corrected chi connectivity index (χ2v) is 9.96. The van der Waals surface area contributed by atoms with E-state index in [0.29, 0.717) is 18.6 Å². The Labute approximate surface area is 218 Å². The van der Waals surface area contributed by atoms with Gasteiger partial charge in [-0.3, -0.25) is 19.2 Å². The molecule has 0 fully saturated rings. The van der Waals surface area contributed by atoms with E-state index < -0.39 is 60.4 Å². The van der Waals surface area contributed by atoms with Gasteiger partial charge in [0.05, 0.1) is 31.1 Å². The summed E-state index contributed by atoms with van der Waals surface area (Å²) >= 11 is 8.21. The molecule has 0 aliphatic heterocycles. The topological polar surface area (TPSA) is 165 Å². The predicted octanol–water partition coefficient (Wildman–Crippen LogP) is 0.535. The largest absolute Gasteiger partial charge is 0.481 e. The summed E-state index contributed by atoms with van der Waals surface area (Å²) in [7, 11) is 0. The Morgan fingerprint density at radius 2 is 1.49 bits per heavy atom. The van der Waals surface area contributed by atoms with Crippen molar-refractivity contribution in [2.75, 3.05) is 11.5 Å². The van der Waals surface area contributed by atoms with Crippen LogP contribution in [0.25, 0.3) is 0 Å². The molecule has 0 aromatic carbocycles. The maximum Gasteiger partial charge on any atom is 0.306 e. The highest BCUT2D eigenvalue weighted by Gasteiger charge is 2.31. The van der Waals surface area contributed by atoms with Gasteiger partial charge in [0, 0.05) is 5.75 Å². The molecule has 35 heavy (non-hydrogen) atoms. The third-order valence-corrected chi connectivity index (χ3v) is 5.67. The van der Waals surface area contributed by atoms with Crippen molar-refractivity contribution >= 4 is 48.9 Å². The van der Waals surface area contributed by atoms with Crippen LogP contribution in [0, 0.1) is 11.8 Å². The highest BCUT2D eigenvalue weighted by molar-refractivity contribution is 7.80. The van der Waals surface area contributed by atoms with Crippen molar-refractivity contribution < 1.29 is 34.5 Å². The Kier molecular flexibility index (Phi) is 16.7. The lowest BCUT2D eigenvalue weighted by atomic mass is 9.96. The summed E-state index contributed by atoms with van der Waals surface area (Å²) in [5, 5.41) is 36.9. The summed E-state index contributed by atoms with van der Waals surface area (Å²) in [5.41, 5.74) is 0. The lowest BCUT2D eigenvalue weighted by molar-refractivity contribution is -0.140. The number of carbonyl (C=O) groups is 4. The summed E-state index contributed by atoms with van der Waals surface area (Å²) < 4.78 is 0.